The fourth-order valence-electron chi connectivity index (χ4n) is 2.53. The number of rotatable bonds is 1. The first-order valence-corrected chi connectivity index (χ1v) is 5.92. The summed E-state index contributed by atoms with van der Waals surface area (Å²) in [6, 6.07) is 3.60. The van der Waals surface area contributed by atoms with Crippen molar-refractivity contribution in [2.45, 2.75) is 27.2 Å². The van der Waals surface area contributed by atoms with E-state index in [9.17, 15) is 4.79 Å². The largest absolute Gasteiger partial charge is 0.456 e. The number of aryl methyl sites for hydroxylation is 1. The number of likely N-dealkylation sites (tertiary alicyclic amines) is 1. The van der Waals surface area contributed by atoms with Crippen molar-refractivity contribution in [2.75, 3.05) is 13.1 Å². The quantitative estimate of drug-likeness (QED) is 0.730. The minimum absolute atomic E-state index is 0.0338. The van der Waals surface area contributed by atoms with Crippen LogP contribution in [0.3, 0.4) is 0 Å². The van der Waals surface area contributed by atoms with E-state index < -0.39 is 0 Å². The van der Waals surface area contributed by atoms with Gasteiger partial charge in [-0.05, 0) is 37.3 Å². The zero-order valence-electron chi connectivity index (χ0n) is 10.2. The predicted molar refractivity (Wildman–Crippen MR) is 62.3 cm³/mol. The highest BCUT2D eigenvalue weighted by Gasteiger charge is 2.27. The monoisotopic (exact) mass is 221 g/mol. The molecule has 1 amide bonds. The molecule has 16 heavy (non-hydrogen) atoms. The molecule has 1 aliphatic rings. The normalized spacial score (nSPS) is 25.8. The van der Waals surface area contributed by atoms with Gasteiger partial charge < -0.3 is 9.32 Å². The lowest BCUT2D eigenvalue weighted by molar-refractivity contribution is 0.0590. The first-order valence-electron chi connectivity index (χ1n) is 5.92. The van der Waals surface area contributed by atoms with Crippen molar-refractivity contribution in [3.63, 3.8) is 0 Å². The molecule has 2 atom stereocenters. The van der Waals surface area contributed by atoms with Crippen molar-refractivity contribution in [3.05, 3.63) is 23.7 Å². The molecular weight excluding hydrogens is 202 g/mol. The zero-order valence-corrected chi connectivity index (χ0v) is 10.2. The molecule has 0 bridgehead atoms. The van der Waals surface area contributed by atoms with Gasteiger partial charge in [-0.1, -0.05) is 13.8 Å². The second-order valence-corrected chi connectivity index (χ2v) is 5.07. The highest BCUT2D eigenvalue weighted by atomic mass is 16.3. The number of amides is 1. The van der Waals surface area contributed by atoms with Crippen molar-refractivity contribution >= 4 is 5.91 Å². The molecule has 0 spiro atoms. The van der Waals surface area contributed by atoms with Crippen LogP contribution in [0.5, 0.6) is 0 Å². The van der Waals surface area contributed by atoms with Crippen molar-refractivity contribution < 1.29 is 9.21 Å². The highest BCUT2D eigenvalue weighted by Crippen LogP contribution is 2.22. The minimum atomic E-state index is 0.0338. The predicted octanol–water partition coefficient (Wildman–Crippen LogP) is 2.71. The molecule has 0 unspecified atom stereocenters. The number of furan rings is 1. The maximum absolute atomic E-state index is 12.1. The van der Waals surface area contributed by atoms with Gasteiger partial charge in [-0.3, -0.25) is 4.79 Å². The topological polar surface area (TPSA) is 33.5 Å². The van der Waals surface area contributed by atoms with Crippen LogP contribution in [0.15, 0.2) is 16.5 Å². The molecule has 1 fully saturated rings. The summed E-state index contributed by atoms with van der Waals surface area (Å²) in [5.74, 6) is 2.47. The molecule has 3 nitrogen and oxygen atoms in total. The number of carbonyl (C=O) groups excluding carboxylic acids is 1. The fourth-order valence-corrected chi connectivity index (χ4v) is 2.53. The van der Waals surface area contributed by atoms with Gasteiger partial charge in [0.15, 0.2) is 5.76 Å². The van der Waals surface area contributed by atoms with E-state index in [0.717, 1.165) is 18.8 Å². The third-order valence-electron chi connectivity index (χ3n) is 3.11. The van der Waals surface area contributed by atoms with Crippen molar-refractivity contribution in [2.24, 2.45) is 11.8 Å². The SMILES string of the molecule is Cc1ccc(C(=O)N2C[C@H](C)C[C@@H](C)C2)o1. The molecule has 1 aromatic heterocycles. The van der Waals surface area contributed by atoms with Crippen molar-refractivity contribution in [1.82, 2.24) is 4.90 Å². The van der Waals surface area contributed by atoms with Crippen LogP contribution in [0.4, 0.5) is 0 Å². The smallest absolute Gasteiger partial charge is 0.289 e. The first-order chi connectivity index (χ1) is 7.56. The van der Waals surface area contributed by atoms with E-state index >= 15 is 0 Å². The Balaban J connectivity index is 2.09. The van der Waals surface area contributed by atoms with Crippen molar-refractivity contribution in [3.8, 4) is 0 Å². The molecule has 88 valence electrons. The maximum atomic E-state index is 12.1. The fraction of sp³-hybridized carbons (Fsp3) is 0.615. The van der Waals surface area contributed by atoms with Gasteiger partial charge in [0.1, 0.15) is 5.76 Å². The Morgan fingerprint density at radius 2 is 1.94 bits per heavy atom. The van der Waals surface area contributed by atoms with Gasteiger partial charge in [-0.25, -0.2) is 0 Å². The summed E-state index contributed by atoms with van der Waals surface area (Å²) >= 11 is 0. The van der Waals surface area contributed by atoms with Gasteiger partial charge in [0, 0.05) is 13.1 Å². The lowest BCUT2D eigenvalue weighted by atomic mass is 9.92. The van der Waals surface area contributed by atoms with E-state index in [1.165, 1.54) is 6.42 Å². The molecule has 2 heterocycles. The molecule has 1 aliphatic heterocycles. The van der Waals surface area contributed by atoms with Gasteiger partial charge in [0.25, 0.3) is 5.91 Å². The van der Waals surface area contributed by atoms with Crippen LogP contribution >= 0.6 is 0 Å². The van der Waals surface area contributed by atoms with Crippen LogP contribution < -0.4 is 0 Å². The third-order valence-corrected chi connectivity index (χ3v) is 3.11. The Hall–Kier alpha value is -1.25. The van der Waals surface area contributed by atoms with Gasteiger partial charge in [0.2, 0.25) is 0 Å². The molecule has 0 radical (unpaired) electrons. The van der Waals surface area contributed by atoms with E-state index in [1.54, 1.807) is 6.07 Å². The molecule has 0 saturated carbocycles. The molecule has 2 rings (SSSR count). The highest BCUT2D eigenvalue weighted by molar-refractivity contribution is 5.91. The minimum Gasteiger partial charge on any atom is -0.456 e. The second-order valence-electron chi connectivity index (χ2n) is 5.07. The van der Waals surface area contributed by atoms with Crippen LogP contribution in [-0.4, -0.2) is 23.9 Å². The summed E-state index contributed by atoms with van der Waals surface area (Å²) in [4.78, 5) is 14.1. The summed E-state index contributed by atoms with van der Waals surface area (Å²) in [6.07, 6.45) is 1.21. The number of carbonyl (C=O) groups is 1. The average molecular weight is 221 g/mol. The van der Waals surface area contributed by atoms with Gasteiger partial charge in [-0.15, -0.1) is 0 Å². The molecule has 0 aromatic carbocycles. The summed E-state index contributed by atoms with van der Waals surface area (Å²) < 4.78 is 5.38. The second kappa shape index (κ2) is 4.32. The van der Waals surface area contributed by atoms with Crippen LogP contribution in [0.2, 0.25) is 0 Å². The Labute approximate surface area is 96.4 Å². The lowest BCUT2D eigenvalue weighted by Gasteiger charge is -2.34. The number of nitrogens with zero attached hydrogens (tertiary/aromatic N) is 1. The molecular formula is C13H19NO2. The van der Waals surface area contributed by atoms with Crippen molar-refractivity contribution in [1.29, 1.82) is 0 Å². The molecule has 1 aromatic rings. The van der Waals surface area contributed by atoms with Gasteiger partial charge in [0.05, 0.1) is 0 Å². The third kappa shape index (κ3) is 2.29. The van der Waals surface area contributed by atoms with E-state index in [1.807, 2.05) is 17.9 Å². The molecule has 0 aliphatic carbocycles. The number of hydrogen-bond donors (Lipinski definition) is 0. The Morgan fingerprint density at radius 3 is 2.44 bits per heavy atom. The summed E-state index contributed by atoms with van der Waals surface area (Å²) in [5, 5.41) is 0. The standard InChI is InChI=1S/C13H19NO2/c1-9-6-10(2)8-14(7-9)13(15)12-5-4-11(3)16-12/h4-5,9-10H,6-8H2,1-3H3/t9-,10-/m1/s1. The average Bonchev–Trinajstić information content (AvgIpc) is 2.62. The Morgan fingerprint density at radius 1 is 1.31 bits per heavy atom. The summed E-state index contributed by atoms with van der Waals surface area (Å²) in [6.45, 7) is 7.96. The van der Waals surface area contributed by atoms with Crippen LogP contribution in [0.1, 0.15) is 36.6 Å². The number of hydrogen-bond acceptors (Lipinski definition) is 2. The van der Waals surface area contributed by atoms with E-state index in [-0.39, 0.29) is 5.91 Å². The van der Waals surface area contributed by atoms with Gasteiger partial charge >= 0.3 is 0 Å². The molecule has 1 saturated heterocycles. The first kappa shape index (κ1) is 11.2. The molecule has 0 N–H and O–H groups in total. The molecule has 3 heteroatoms. The van der Waals surface area contributed by atoms with E-state index in [2.05, 4.69) is 13.8 Å². The maximum Gasteiger partial charge on any atom is 0.289 e. The zero-order chi connectivity index (χ0) is 11.7. The number of piperidine rings is 1. The van der Waals surface area contributed by atoms with Gasteiger partial charge in [-0.2, -0.15) is 0 Å². The summed E-state index contributed by atoms with van der Waals surface area (Å²) in [5.41, 5.74) is 0. The van der Waals surface area contributed by atoms with Crippen LogP contribution in [0, 0.1) is 18.8 Å². The van der Waals surface area contributed by atoms with E-state index in [4.69, 9.17) is 4.42 Å². The van der Waals surface area contributed by atoms with E-state index in [0.29, 0.717) is 17.6 Å². The summed E-state index contributed by atoms with van der Waals surface area (Å²) in [7, 11) is 0. The van der Waals surface area contributed by atoms with Crippen LogP contribution in [0.25, 0.3) is 0 Å². The lowest BCUT2D eigenvalue weighted by Crippen LogP contribution is -2.42. The Kier molecular flexibility index (Phi) is 3.03. The van der Waals surface area contributed by atoms with Crippen LogP contribution in [-0.2, 0) is 0 Å². The Bertz CT molecular complexity index is 373.